The molecule has 0 atom stereocenters. The van der Waals surface area contributed by atoms with Crippen molar-refractivity contribution in [2.24, 2.45) is 0 Å². The smallest absolute Gasteiger partial charge is 0.256 e. The fourth-order valence-electron chi connectivity index (χ4n) is 4.13. The number of aromatic nitrogens is 3. The van der Waals surface area contributed by atoms with Crippen molar-refractivity contribution in [2.45, 2.75) is 0 Å². The van der Waals surface area contributed by atoms with Gasteiger partial charge in [-0.25, -0.2) is 9.37 Å². The molecule has 5 nitrogen and oxygen atoms in total. The average Bonchev–Trinajstić information content (AvgIpc) is 3.44. The van der Waals surface area contributed by atoms with Crippen molar-refractivity contribution in [3.8, 4) is 22.5 Å². The molecule has 0 spiro atoms. The lowest BCUT2D eigenvalue weighted by Gasteiger charge is -2.07. The Morgan fingerprint density at radius 3 is 2.71 bits per heavy atom. The van der Waals surface area contributed by atoms with Gasteiger partial charge in [-0.2, -0.15) is 0 Å². The fraction of sp³-hybridized carbons (Fsp3) is 0. The van der Waals surface area contributed by atoms with Crippen LogP contribution in [0.2, 0.25) is 5.02 Å². The summed E-state index contributed by atoms with van der Waals surface area (Å²) in [7, 11) is 0. The summed E-state index contributed by atoms with van der Waals surface area (Å²) in [5.41, 5.74) is 3.09. The van der Waals surface area contributed by atoms with Crippen molar-refractivity contribution >= 4 is 44.2 Å². The first-order valence-electron chi connectivity index (χ1n) is 9.55. The number of furan rings is 1. The first kappa shape index (κ1) is 17.9. The molecule has 3 heterocycles. The molecule has 3 aromatic carbocycles. The summed E-state index contributed by atoms with van der Waals surface area (Å²) in [6.07, 6.45) is 4.84. The first-order chi connectivity index (χ1) is 15.1. The molecule has 0 saturated carbocycles. The normalized spacial score (nSPS) is 11.7. The summed E-state index contributed by atoms with van der Waals surface area (Å²) >= 11 is 6.27. The quantitative estimate of drug-likeness (QED) is 0.318. The van der Waals surface area contributed by atoms with Crippen LogP contribution in [0.15, 0.2) is 76.5 Å². The Kier molecular flexibility index (Phi) is 3.79. The van der Waals surface area contributed by atoms with Gasteiger partial charge in [0.1, 0.15) is 11.6 Å². The molecule has 6 aromatic rings. The highest BCUT2D eigenvalue weighted by molar-refractivity contribution is 6.33. The van der Waals surface area contributed by atoms with Gasteiger partial charge < -0.3 is 14.4 Å². The number of pyridine rings is 1. The average molecular weight is 430 g/mol. The summed E-state index contributed by atoms with van der Waals surface area (Å²) in [5.74, 6) is -0.161. The van der Waals surface area contributed by atoms with E-state index in [1.807, 2.05) is 24.3 Å². The van der Waals surface area contributed by atoms with Crippen LogP contribution in [0.3, 0.4) is 0 Å². The van der Waals surface area contributed by atoms with Gasteiger partial charge in [-0.3, -0.25) is 4.79 Å². The van der Waals surface area contributed by atoms with E-state index in [0.29, 0.717) is 27.6 Å². The maximum absolute atomic E-state index is 14.6. The molecule has 0 aliphatic heterocycles. The molecule has 150 valence electrons. The van der Waals surface area contributed by atoms with Crippen molar-refractivity contribution in [2.75, 3.05) is 0 Å². The number of benzene rings is 3. The van der Waals surface area contributed by atoms with Crippen LogP contribution in [0.1, 0.15) is 0 Å². The zero-order chi connectivity index (χ0) is 21.1. The van der Waals surface area contributed by atoms with Gasteiger partial charge in [-0.1, -0.05) is 29.8 Å². The summed E-state index contributed by atoms with van der Waals surface area (Å²) < 4.78 is 19.8. The first-order valence-corrected chi connectivity index (χ1v) is 9.93. The molecule has 0 fully saturated rings. The Labute approximate surface area is 179 Å². The highest BCUT2D eigenvalue weighted by Crippen LogP contribution is 2.37. The minimum absolute atomic E-state index is 0.196. The summed E-state index contributed by atoms with van der Waals surface area (Å²) in [6, 6.07) is 14.0. The molecule has 0 unspecified atom stereocenters. The van der Waals surface area contributed by atoms with E-state index in [2.05, 4.69) is 15.0 Å². The van der Waals surface area contributed by atoms with Crippen LogP contribution in [0.4, 0.5) is 4.39 Å². The van der Waals surface area contributed by atoms with Crippen molar-refractivity contribution in [1.82, 2.24) is 15.0 Å². The highest BCUT2D eigenvalue weighted by atomic mass is 35.5. The fourth-order valence-corrected chi connectivity index (χ4v) is 4.38. The van der Waals surface area contributed by atoms with E-state index in [9.17, 15) is 9.18 Å². The SMILES string of the molecule is O=c1[nH]ccc2c3nc(-c4c(F)cccc4Cl)[nH]c3c3ccc(-c4ccoc4)cc3c12. The molecule has 0 amide bonds. The standard InChI is InChI=1S/C24H13ClFN3O2/c25-17-2-1-3-18(26)20(17)23-28-21-14-5-4-12(13-7-9-31-11-13)10-16(14)19-15(22(21)29-23)6-8-27-24(19)30/h1-11H,(H,27,30)(H,28,29). The van der Waals surface area contributed by atoms with Crippen molar-refractivity contribution < 1.29 is 8.81 Å². The minimum Gasteiger partial charge on any atom is -0.472 e. The molecule has 0 radical (unpaired) electrons. The number of hydrogen-bond acceptors (Lipinski definition) is 3. The Balaban J connectivity index is 1.77. The zero-order valence-corrected chi connectivity index (χ0v) is 16.6. The summed E-state index contributed by atoms with van der Waals surface area (Å²) in [6.45, 7) is 0. The van der Waals surface area contributed by atoms with Crippen LogP contribution in [0, 0.1) is 5.82 Å². The van der Waals surface area contributed by atoms with Crippen LogP contribution in [-0.2, 0) is 0 Å². The van der Waals surface area contributed by atoms with E-state index in [-0.39, 0.29) is 16.1 Å². The van der Waals surface area contributed by atoms with Gasteiger partial charge in [0.05, 0.1) is 39.5 Å². The highest BCUT2D eigenvalue weighted by Gasteiger charge is 2.19. The molecule has 0 aliphatic rings. The van der Waals surface area contributed by atoms with Crippen molar-refractivity contribution in [3.05, 3.63) is 88.4 Å². The second-order valence-corrected chi connectivity index (χ2v) is 7.68. The Morgan fingerprint density at radius 1 is 1.00 bits per heavy atom. The number of H-pyrrole nitrogens is 2. The number of halogens is 2. The minimum atomic E-state index is -0.472. The third kappa shape index (κ3) is 2.62. The topological polar surface area (TPSA) is 74.7 Å². The molecule has 3 aromatic heterocycles. The molecule has 31 heavy (non-hydrogen) atoms. The van der Waals surface area contributed by atoms with Gasteiger partial charge in [-0.05, 0) is 41.3 Å². The van der Waals surface area contributed by atoms with E-state index < -0.39 is 5.82 Å². The molecule has 0 bridgehead atoms. The Hall–Kier alpha value is -3.90. The molecule has 7 heteroatoms. The zero-order valence-electron chi connectivity index (χ0n) is 15.9. The van der Waals surface area contributed by atoms with E-state index in [0.717, 1.165) is 21.9 Å². The van der Waals surface area contributed by atoms with Gasteiger partial charge in [0, 0.05) is 22.5 Å². The molecule has 0 aliphatic carbocycles. The van der Waals surface area contributed by atoms with Gasteiger partial charge >= 0.3 is 0 Å². The maximum atomic E-state index is 14.6. The van der Waals surface area contributed by atoms with Gasteiger partial charge in [0.15, 0.2) is 0 Å². The number of rotatable bonds is 2. The summed E-state index contributed by atoms with van der Waals surface area (Å²) in [4.78, 5) is 23.5. The van der Waals surface area contributed by atoms with Crippen LogP contribution < -0.4 is 5.56 Å². The van der Waals surface area contributed by atoms with E-state index in [1.54, 1.807) is 36.9 Å². The van der Waals surface area contributed by atoms with Crippen LogP contribution in [0.25, 0.3) is 55.1 Å². The molecular formula is C24H13ClFN3O2. The van der Waals surface area contributed by atoms with Crippen LogP contribution >= 0.6 is 11.6 Å². The predicted molar refractivity (Wildman–Crippen MR) is 120 cm³/mol. The van der Waals surface area contributed by atoms with Gasteiger partial charge in [0.25, 0.3) is 5.56 Å². The number of imidazole rings is 1. The second-order valence-electron chi connectivity index (χ2n) is 7.27. The number of aromatic amines is 2. The molecule has 6 rings (SSSR count). The third-order valence-corrected chi connectivity index (χ3v) is 5.85. The van der Waals surface area contributed by atoms with E-state index in [1.165, 1.54) is 6.07 Å². The van der Waals surface area contributed by atoms with Crippen LogP contribution in [-0.4, -0.2) is 15.0 Å². The van der Waals surface area contributed by atoms with Gasteiger partial charge in [-0.15, -0.1) is 0 Å². The van der Waals surface area contributed by atoms with E-state index >= 15 is 0 Å². The molecular weight excluding hydrogens is 417 g/mol. The van der Waals surface area contributed by atoms with E-state index in [4.69, 9.17) is 16.0 Å². The van der Waals surface area contributed by atoms with Gasteiger partial charge in [0.2, 0.25) is 0 Å². The lowest BCUT2D eigenvalue weighted by molar-refractivity contribution is 0.568. The Bertz CT molecular complexity index is 1660. The number of fused-ring (bicyclic) bond motifs is 6. The summed E-state index contributed by atoms with van der Waals surface area (Å²) in [5, 5.41) is 3.02. The lowest BCUT2D eigenvalue weighted by atomic mass is 9.97. The number of hydrogen-bond donors (Lipinski definition) is 2. The monoisotopic (exact) mass is 429 g/mol. The van der Waals surface area contributed by atoms with Crippen LogP contribution in [0.5, 0.6) is 0 Å². The largest absolute Gasteiger partial charge is 0.472 e. The number of nitrogens with one attached hydrogen (secondary N) is 2. The predicted octanol–water partition coefficient (Wildman–Crippen LogP) is 6.28. The number of nitrogens with zero attached hydrogens (tertiary/aromatic N) is 1. The Morgan fingerprint density at radius 2 is 1.90 bits per heavy atom. The second kappa shape index (κ2) is 6.55. The van der Waals surface area contributed by atoms with Crippen molar-refractivity contribution in [3.63, 3.8) is 0 Å². The maximum Gasteiger partial charge on any atom is 0.256 e. The van der Waals surface area contributed by atoms with Crippen molar-refractivity contribution in [1.29, 1.82) is 0 Å². The molecule has 0 saturated heterocycles. The molecule has 2 N–H and O–H groups in total. The third-order valence-electron chi connectivity index (χ3n) is 5.53. The lowest BCUT2D eigenvalue weighted by Crippen LogP contribution is -2.05.